The zero-order valence-corrected chi connectivity index (χ0v) is 14.5. The van der Waals surface area contributed by atoms with E-state index in [1.165, 1.54) is 7.11 Å². The van der Waals surface area contributed by atoms with E-state index in [0.29, 0.717) is 0 Å². The number of oxime groups is 1. The zero-order chi connectivity index (χ0) is 19.9. The maximum Gasteiger partial charge on any atom is 0.271 e. The quantitative estimate of drug-likeness (QED) is 0.242. The van der Waals surface area contributed by atoms with Crippen LogP contribution in [0.4, 0.5) is 0 Å². The molecule has 0 aromatic heterocycles. The third-order valence-corrected chi connectivity index (χ3v) is 5.15. The molecule has 2 fully saturated rings. The van der Waals surface area contributed by atoms with Crippen molar-refractivity contribution in [3.8, 4) is 0 Å². The van der Waals surface area contributed by atoms with Gasteiger partial charge in [-0.1, -0.05) is 5.16 Å². The van der Waals surface area contributed by atoms with E-state index in [9.17, 15) is 35.7 Å². The first-order chi connectivity index (χ1) is 12.8. The molecule has 10 atom stereocenters. The van der Waals surface area contributed by atoms with Gasteiger partial charge in [-0.3, -0.25) is 0 Å². The minimum Gasteiger partial charge on any atom is -0.394 e. The van der Waals surface area contributed by atoms with Crippen LogP contribution in [0.25, 0.3) is 0 Å². The van der Waals surface area contributed by atoms with Crippen molar-refractivity contribution < 1.29 is 54.8 Å². The summed E-state index contributed by atoms with van der Waals surface area (Å²) < 4.78 is 15.9. The predicted octanol–water partition coefficient (Wildman–Crippen LogP) is -4.57. The van der Waals surface area contributed by atoms with E-state index < -0.39 is 67.3 Å². The van der Waals surface area contributed by atoms with E-state index >= 15 is 0 Å². The van der Waals surface area contributed by atoms with Gasteiger partial charge in [0, 0.05) is 7.11 Å². The van der Waals surface area contributed by atoms with Gasteiger partial charge in [0.2, 0.25) is 0 Å². The minimum atomic E-state index is -1.90. The molecular weight excluding hydrogens is 370 g/mol. The summed E-state index contributed by atoms with van der Waals surface area (Å²) in [6, 6.07) is 0. The van der Waals surface area contributed by atoms with Gasteiger partial charge in [0.15, 0.2) is 6.10 Å². The first-order valence-electron chi connectivity index (χ1n) is 8.52. The molecule has 7 N–H and O–H groups in total. The predicted molar refractivity (Wildman–Crippen MR) is 84.4 cm³/mol. The first kappa shape index (κ1) is 20.8. The molecule has 0 aromatic carbocycles. The molecular formula is C15H25NO11. The standard InChI is InChI=1S/C15H25NO11/c1-24-4-7-9(19)10(20)11(21)13(25-7)5-2-15(27-16-5)14(23)12(22)8(18)6(3-17)26-15/h6-14,17-23H,2-4H2,1H3/t6-,7-,8+,9+,10-,11+,12+,13-,14-,15-/m1/s1. The zero-order valence-electron chi connectivity index (χ0n) is 14.5. The Labute approximate surface area is 154 Å². The molecule has 0 amide bonds. The summed E-state index contributed by atoms with van der Waals surface area (Å²) in [6.07, 6.45) is -13.1. The van der Waals surface area contributed by atoms with E-state index in [1.54, 1.807) is 0 Å². The van der Waals surface area contributed by atoms with Gasteiger partial charge in [-0.2, -0.15) is 0 Å². The fourth-order valence-corrected chi connectivity index (χ4v) is 3.56. The number of ether oxygens (including phenoxy) is 3. The molecule has 3 aliphatic heterocycles. The van der Waals surface area contributed by atoms with Crippen LogP contribution >= 0.6 is 0 Å². The lowest BCUT2D eigenvalue weighted by Crippen LogP contribution is -2.66. The molecule has 12 heteroatoms. The first-order valence-corrected chi connectivity index (χ1v) is 8.52. The number of hydrogen-bond donors (Lipinski definition) is 7. The molecule has 0 bridgehead atoms. The molecule has 2 saturated heterocycles. The van der Waals surface area contributed by atoms with E-state index in [0.717, 1.165) is 0 Å². The minimum absolute atomic E-state index is 0.0499. The second-order valence-corrected chi connectivity index (χ2v) is 6.95. The Morgan fingerprint density at radius 3 is 2.30 bits per heavy atom. The number of hydrogen-bond acceptors (Lipinski definition) is 12. The largest absolute Gasteiger partial charge is 0.394 e. The molecule has 0 saturated carbocycles. The molecule has 0 aliphatic carbocycles. The van der Waals surface area contributed by atoms with Crippen molar-refractivity contribution >= 4 is 5.71 Å². The van der Waals surface area contributed by atoms with Gasteiger partial charge in [0.1, 0.15) is 48.8 Å². The number of aliphatic hydroxyl groups excluding tert-OH is 7. The maximum atomic E-state index is 10.3. The van der Waals surface area contributed by atoms with Crippen molar-refractivity contribution in [2.24, 2.45) is 5.16 Å². The number of nitrogens with zero attached hydrogens (tertiary/aromatic N) is 1. The molecule has 0 radical (unpaired) electrons. The molecule has 3 aliphatic rings. The summed E-state index contributed by atoms with van der Waals surface area (Å²) in [5.74, 6) is -1.90. The van der Waals surface area contributed by atoms with Crippen LogP contribution in [-0.2, 0) is 19.0 Å². The molecule has 0 unspecified atom stereocenters. The fraction of sp³-hybridized carbons (Fsp3) is 0.933. The lowest BCUT2D eigenvalue weighted by Gasteiger charge is -2.44. The van der Waals surface area contributed by atoms with Gasteiger partial charge in [-0.05, 0) is 0 Å². The number of aliphatic hydroxyl groups is 7. The fourth-order valence-electron chi connectivity index (χ4n) is 3.56. The molecule has 3 heterocycles. The van der Waals surface area contributed by atoms with Gasteiger partial charge in [-0.25, -0.2) is 0 Å². The van der Waals surface area contributed by atoms with Crippen LogP contribution in [0.3, 0.4) is 0 Å². The van der Waals surface area contributed by atoms with E-state index in [1.807, 2.05) is 0 Å². The van der Waals surface area contributed by atoms with Crippen molar-refractivity contribution in [2.75, 3.05) is 20.3 Å². The Morgan fingerprint density at radius 1 is 1.00 bits per heavy atom. The Bertz CT molecular complexity index is 560. The Kier molecular flexibility index (Phi) is 6.03. The van der Waals surface area contributed by atoms with E-state index in [2.05, 4.69) is 5.16 Å². The summed E-state index contributed by atoms with van der Waals surface area (Å²) in [5, 5.41) is 73.5. The van der Waals surface area contributed by atoms with Gasteiger partial charge in [0.05, 0.1) is 25.3 Å². The average molecular weight is 395 g/mol. The third-order valence-electron chi connectivity index (χ3n) is 5.15. The lowest BCUT2D eigenvalue weighted by atomic mass is 9.86. The SMILES string of the molecule is COC[C@H]1O[C@H](C2=NO[C@@]3(C2)O[C@H](CO)[C@H](O)[C@H](O)[C@H]3O)[C@@H](O)[C@H](O)[C@H]1O. The second-order valence-electron chi connectivity index (χ2n) is 6.95. The highest BCUT2D eigenvalue weighted by atomic mass is 16.8. The van der Waals surface area contributed by atoms with E-state index in [-0.39, 0.29) is 18.7 Å². The summed E-state index contributed by atoms with van der Waals surface area (Å²) in [6.45, 7) is -0.702. The van der Waals surface area contributed by atoms with Gasteiger partial charge >= 0.3 is 0 Å². The smallest absolute Gasteiger partial charge is 0.271 e. The molecule has 27 heavy (non-hydrogen) atoms. The second kappa shape index (κ2) is 7.83. The monoisotopic (exact) mass is 395 g/mol. The molecule has 3 rings (SSSR count). The van der Waals surface area contributed by atoms with Crippen LogP contribution in [-0.4, -0.2) is 123 Å². The maximum absolute atomic E-state index is 10.3. The van der Waals surface area contributed by atoms with Gasteiger partial charge in [0.25, 0.3) is 5.79 Å². The van der Waals surface area contributed by atoms with Crippen molar-refractivity contribution in [3.05, 3.63) is 0 Å². The number of rotatable bonds is 4. The third kappa shape index (κ3) is 3.46. The Hall–Kier alpha value is -0.930. The van der Waals surface area contributed by atoms with Crippen LogP contribution in [0.15, 0.2) is 5.16 Å². The highest BCUT2D eigenvalue weighted by Gasteiger charge is 2.60. The van der Waals surface area contributed by atoms with E-state index in [4.69, 9.17) is 19.0 Å². The average Bonchev–Trinajstić information content (AvgIpc) is 3.08. The Balaban J connectivity index is 1.78. The normalized spacial score (nSPS) is 50.5. The van der Waals surface area contributed by atoms with Crippen molar-refractivity contribution in [2.45, 2.75) is 67.1 Å². The van der Waals surface area contributed by atoms with Crippen molar-refractivity contribution in [3.63, 3.8) is 0 Å². The van der Waals surface area contributed by atoms with Crippen LogP contribution < -0.4 is 0 Å². The van der Waals surface area contributed by atoms with Gasteiger partial charge < -0.3 is 54.8 Å². The molecule has 0 aromatic rings. The molecule has 12 nitrogen and oxygen atoms in total. The van der Waals surface area contributed by atoms with Crippen LogP contribution in [0.1, 0.15) is 6.42 Å². The van der Waals surface area contributed by atoms with Crippen LogP contribution in [0, 0.1) is 0 Å². The van der Waals surface area contributed by atoms with Crippen molar-refractivity contribution in [1.82, 2.24) is 0 Å². The lowest BCUT2D eigenvalue weighted by molar-refractivity contribution is -0.355. The summed E-state index contributed by atoms with van der Waals surface area (Å²) in [4.78, 5) is 5.18. The highest BCUT2D eigenvalue weighted by Crippen LogP contribution is 2.39. The van der Waals surface area contributed by atoms with Crippen LogP contribution in [0.2, 0.25) is 0 Å². The van der Waals surface area contributed by atoms with Crippen molar-refractivity contribution in [1.29, 1.82) is 0 Å². The molecule has 1 spiro atoms. The molecule has 156 valence electrons. The summed E-state index contributed by atoms with van der Waals surface area (Å²) >= 11 is 0. The highest BCUT2D eigenvalue weighted by molar-refractivity contribution is 5.91. The van der Waals surface area contributed by atoms with Crippen LogP contribution in [0.5, 0.6) is 0 Å². The summed E-state index contributed by atoms with van der Waals surface area (Å²) in [5.41, 5.74) is 0.0499. The number of methoxy groups -OCH3 is 1. The Morgan fingerprint density at radius 2 is 1.67 bits per heavy atom. The summed E-state index contributed by atoms with van der Waals surface area (Å²) in [7, 11) is 1.38. The van der Waals surface area contributed by atoms with Gasteiger partial charge in [-0.15, -0.1) is 0 Å². The topological polar surface area (TPSA) is 191 Å².